The fourth-order valence-corrected chi connectivity index (χ4v) is 2.88. The number of ether oxygens (including phenoxy) is 1. The third-order valence-electron chi connectivity index (χ3n) is 3.03. The number of nitrogens with zero attached hydrogens (tertiary/aromatic N) is 1. The number of rotatable bonds is 6. The van der Waals surface area contributed by atoms with Crippen molar-refractivity contribution in [1.82, 2.24) is 10.3 Å². The van der Waals surface area contributed by atoms with Crippen molar-refractivity contribution in [2.45, 2.75) is 13.0 Å². The summed E-state index contributed by atoms with van der Waals surface area (Å²) in [5.74, 6) is -2.29. The first-order chi connectivity index (χ1) is 10.9. The molecule has 1 aromatic heterocycles. The summed E-state index contributed by atoms with van der Waals surface area (Å²) in [5.41, 5.74) is 0.879. The molecule has 0 bridgehead atoms. The van der Waals surface area contributed by atoms with E-state index in [1.807, 2.05) is 0 Å². The number of aromatic nitrogens is 1. The molecule has 0 saturated carbocycles. The number of hydrogen-bond acceptors (Lipinski definition) is 5. The molecular weight excluding hydrogens is 326 g/mol. The van der Waals surface area contributed by atoms with Gasteiger partial charge in [-0.15, -0.1) is 11.3 Å². The van der Waals surface area contributed by atoms with Crippen molar-refractivity contribution in [2.24, 2.45) is 0 Å². The number of halogens is 2. The van der Waals surface area contributed by atoms with Crippen molar-refractivity contribution in [3.05, 3.63) is 40.4 Å². The van der Waals surface area contributed by atoms with Crippen molar-refractivity contribution in [1.29, 1.82) is 0 Å². The van der Waals surface area contributed by atoms with Gasteiger partial charge in [-0.25, -0.2) is 13.8 Å². The summed E-state index contributed by atoms with van der Waals surface area (Å²) in [5, 5.41) is 12.5. The van der Waals surface area contributed by atoms with Crippen molar-refractivity contribution < 1.29 is 23.4 Å². The van der Waals surface area contributed by atoms with E-state index in [9.17, 15) is 18.7 Å². The summed E-state index contributed by atoms with van der Waals surface area (Å²) < 4.78 is 31.0. The normalized spacial score (nSPS) is 12.2. The van der Waals surface area contributed by atoms with Crippen LogP contribution in [0.4, 0.5) is 8.78 Å². The Labute approximate surface area is 135 Å². The van der Waals surface area contributed by atoms with Gasteiger partial charge >= 0.3 is 0 Å². The Morgan fingerprint density at radius 1 is 1.43 bits per heavy atom. The average molecular weight is 342 g/mol. The minimum absolute atomic E-state index is 0.0462. The summed E-state index contributed by atoms with van der Waals surface area (Å²) in [4.78, 5) is 16.7. The van der Waals surface area contributed by atoms with Crippen LogP contribution in [-0.2, 0) is 4.74 Å². The number of benzene rings is 1. The van der Waals surface area contributed by atoms with Crippen LogP contribution < -0.4 is 5.32 Å². The summed E-state index contributed by atoms with van der Waals surface area (Å²) in [7, 11) is 1.45. The Hall–Kier alpha value is -1.90. The Morgan fingerprint density at radius 3 is 2.83 bits per heavy atom. The highest BCUT2D eigenvalue weighted by atomic mass is 32.1. The van der Waals surface area contributed by atoms with Crippen molar-refractivity contribution >= 4 is 17.2 Å². The fraction of sp³-hybridized carbons (Fsp3) is 0.333. The van der Waals surface area contributed by atoms with E-state index >= 15 is 0 Å². The van der Waals surface area contributed by atoms with Crippen LogP contribution in [0.5, 0.6) is 0 Å². The summed E-state index contributed by atoms with van der Waals surface area (Å²) in [6.45, 7) is 1.81. The third-order valence-corrected chi connectivity index (χ3v) is 4.23. The molecule has 124 valence electrons. The van der Waals surface area contributed by atoms with Crippen LogP contribution in [0.3, 0.4) is 0 Å². The number of amides is 1. The smallest absolute Gasteiger partial charge is 0.263 e. The Balaban J connectivity index is 2.14. The van der Waals surface area contributed by atoms with Crippen LogP contribution >= 0.6 is 11.3 Å². The molecule has 0 radical (unpaired) electrons. The van der Waals surface area contributed by atoms with Gasteiger partial charge in [-0.3, -0.25) is 4.79 Å². The van der Waals surface area contributed by atoms with Crippen molar-refractivity contribution in [3.63, 3.8) is 0 Å². The maximum absolute atomic E-state index is 13.3. The SMILES string of the molecule is COCC(O)CNC(=O)c1sc(-c2ccc(F)c(F)c2)nc1C. The molecule has 2 rings (SSSR count). The minimum atomic E-state index is -0.968. The molecule has 1 atom stereocenters. The lowest BCUT2D eigenvalue weighted by Crippen LogP contribution is -2.34. The molecule has 1 aromatic carbocycles. The molecule has 2 aromatic rings. The molecule has 2 N–H and O–H groups in total. The number of carbonyl (C=O) groups is 1. The number of aliphatic hydroxyl groups is 1. The number of carbonyl (C=O) groups excluding carboxylic acids is 1. The molecule has 5 nitrogen and oxygen atoms in total. The molecule has 0 saturated heterocycles. The van der Waals surface area contributed by atoms with Crippen LogP contribution in [0.1, 0.15) is 15.4 Å². The first-order valence-corrected chi connectivity index (χ1v) is 7.62. The highest BCUT2D eigenvalue weighted by molar-refractivity contribution is 7.17. The molecule has 0 aliphatic heterocycles. The molecule has 8 heteroatoms. The number of thiazole rings is 1. The lowest BCUT2D eigenvalue weighted by Gasteiger charge is -2.09. The zero-order valence-electron chi connectivity index (χ0n) is 12.6. The Morgan fingerprint density at radius 2 is 2.17 bits per heavy atom. The van der Waals surface area contributed by atoms with E-state index in [1.165, 1.54) is 13.2 Å². The van der Waals surface area contributed by atoms with Gasteiger partial charge in [0.05, 0.1) is 18.4 Å². The maximum atomic E-state index is 13.3. The Kier molecular flexibility index (Phi) is 5.75. The number of hydrogen-bond donors (Lipinski definition) is 2. The first-order valence-electron chi connectivity index (χ1n) is 6.80. The van der Waals surface area contributed by atoms with Gasteiger partial charge in [0, 0.05) is 19.2 Å². The molecule has 0 aliphatic carbocycles. The number of aryl methyl sites for hydroxylation is 1. The maximum Gasteiger partial charge on any atom is 0.263 e. The van der Waals surface area contributed by atoms with Crippen LogP contribution in [-0.4, -0.2) is 42.4 Å². The van der Waals surface area contributed by atoms with E-state index in [0.29, 0.717) is 21.1 Å². The highest BCUT2D eigenvalue weighted by Gasteiger charge is 2.17. The van der Waals surface area contributed by atoms with Crippen LogP contribution in [0, 0.1) is 18.6 Å². The number of methoxy groups -OCH3 is 1. The van der Waals surface area contributed by atoms with E-state index in [-0.39, 0.29) is 19.1 Å². The van der Waals surface area contributed by atoms with Crippen molar-refractivity contribution in [2.75, 3.05) is 20.3 Å². The monoisotopic (exact) mass is 342 g/mol. The molecular formula is C15H16F2N2O3S. The molecule has 0 aliphatic rings. The van der Waals surface area contributed by atoms with Gasteiger partial charge in [-0.1, -0.05) is 0 Å². The first kappa shape index (κ1) is 17.5. The summed E-state index contributed by atoms with van der Waals surface area (Å²) >= 11 is 1.08. The van der Waals surface area contributed by atoms with Gasteiger partial charge in [0.25, 0.3) is 5.91 Å². The van der Waals surface area contributed by atoms with Gasteiger partial charge in [-0.05, 0) is 25.1 Å². The predicted octanol–water partition coefficient (Wildman–Crippen LogP) is 2.13. The standard InChI is InChI=1S/C15H16F2N2O3S/c1-8-13(14(21)18-6-10(20)7-22-2)23-15(19-8)9-3-4-11(16)12(17)5-9/h3-5,10,20H,6-7H2,1-2H3,(H,18,21). The predicted molar refractivity (Wildman–Crippen MR) is 82.4 cm³/mol. The van der Waals surface area contributed by atoms with Gasteiger partial charge in [0.15, 0.2) is 11.6 Å². The van der Waals surface area contributed by atoms with Crippen LogP contribution in [0.25, 0.3) is 10.6 Å². The third kappa shape index (κ3) is 4.31. The van der Waals surface area contributed by atoms with E-state index in [0.717, 1.165) is 23.5 Å². The highest BCUT2D eigenvalue weighted by Crippen LogP contribution is 2.28. The zero-order chi connectivity index (χ0) is 17.0. The molecule has 1 heterocycles. The fourth-order valence-electron chi connectivity index (χ4n) is 1.90. The van der Waals surface area contributed by atoms with Gasteiger partial charge < -0.3 is 15.2 Å². The molecule has 0 fully saturated rings. The van der Waals surface area contributed by atoms with E-state index in [4.69, 9.17) is 4.74 Å². The van der Waals surface area contributed by atoms with Crippen LogP contribution in [0.2, 0.25) is 0 Å². The van der Waals surface area contributed by atoms with Gasteiger partial charge in [0.1, 0.15) is 9.88 Å². The second-order valence-electron chi connectivity index (χ2n) is 4.88. The van der Waals surface area contributed by atoms with Gasteiger partial charge in [-0.2, -0.15) is 0 Å². The zero-order valence-corrected chi connectivity index (χ0v) is 13.4. The quantitative estimate of drug-likeness (QED) is 0.844. The van der Waals surface area contributed by atoms with E-state index < -0.39 is 17.7 Å². The number of aliphatic hydroxyl groups excluding tert-OH is 1. The molecule has 0 spiro atoms. The largest absolute Gasteiger partial charge is 0.389 e. The Bertz CT molecular complexity index is 706. The second kappa shape index (κ2) is 7.58. The number of nitrogens with one attached hydrogen (secondary N) is 1. The average Bonchev–Trinajstić information content (AvgIpc) is 2.90. The van der Waals surface area contributed by atoms with Gasteiger partial charge in [0.2, 0.25) is 0 Å². The van der Waals surface area contributed by atoms with E-state index in [2.05, 4.69) is 10.3 Å². The minimum Gasteiger partial charge on any atom is -0.389 e. The summed E-state index contributed by atoms with van der Waals surface area (Å²) in [6.07, 6.45) is -0.803. The molecule has 1 amide bonds. The van der Waals surface area contributed by atoms with Crippen LogP contribution in [0.15, 0.2) is 18.2 Å². The van der Waals surface area contributed by atoms with Crippen molar-refractivity contribution in [3.8, 4) is 10.6 Å². The lowest BCUT2D eigenvalue weighted by atomic mass is 10.2. The molecule has 1 unspecified atom stereocenters. The topological polar surface area (TPSA) is 71.5 Å². The lowest BCUT2D eigenvalue weighted by molar-refractivity contribution is 0.0610. The summed E-state index contributed by atoms with van der Waals surface area (Å²) in [6, 6.07) is 3.46. The van der Waals surface area contributed by atoms with E-state index in [1.54, 1.807) is 6.92 Å². The molecule has 23 heavy (non-hydrogen) atoms. The second-order valence-corrected chi connectivity index (χ2v) is 5.88.